The summed E-state index contributed by atoms with van der Waals surface area (Å²) in [7, 11) is 1.62. The van der Waals surface area contributed by atoms with E-state index in [0.29, 0.717) is 11.4 Å². The zero-order valence-corrected chi connectivity index (χ0v) is 17.1. The van der Waals surface area contributed by atoms with E-state index in [1.807, 2.05) is 54.6 Å². The van der Waals surface area contributed by atoms with E-state index >= 15 is 0 Å². The predicted molar refractivity (Wildman–Crippen MR) is 117 cm³/mol. The number of aromatic nitrogens is 3. The molecule has 7 heteroatoms. The third-order valence-corrected chi connectivity index (χ3v) is 6.01. The Balaban J connectivity index is 1.64. The number of benzene rings is 2. The first-order valence-electron chi connectivity index (χ1n) is 10.2. The number of nitrogens with one attached hydrogen (secondary N) is 1. The molecule has 1 aliphatic carbocycles. The van der Waals surface area contributed by atoms with E-state index in [9.17, 15) is 9.90 Å². The average Bonchev–Trinajstić information content (AvgIpc) is 3.16. The molecule has 1 saturated carbocycles. The van der Waals surface area contributed by atoms with Crippen LogP contribution in [0.4, 0.5) is 4.79 Å². The van der Waals surface area contributed by atoms with Crippen LogP contribution < -0.4 is 10.1 Å². The molecular formula is C24H22N4O3. The number of carbonyl (C=O) groups is 1. The van der Waals surface area contributed by atoms with Gasteiger partial charge in [0.25, 0.3) is 0 Å². The Morgan fingerprint density at radius 1 is 1.06 bits per heavy atom. The highest BCUT2D eigenvalue weighted by Crippen LogP contribution is 2.42. The highest BCUT2D eigenvalue weighted by atomic mass is 16.5. The van der Waals surface area contributed by atoms with Gasteiger partial charge >= 0.3 is 6.09 Å². The molecule has 2 aromatic carbocycles. The van der Waals surface area contributed by atoms with Crippen molar-refractivity contribution in [2.45, 2.75) is 24.8 Å². The third kappa shape index (κ3) is 3.18. The average molecular weight is 414 g/mol. The van der Waals surface area contributed by atoms with Gasteiger partial charge in [0.15, 0.2) is 11.4 Å². The van der Waals surface area contributed by atoms with Crippen LogP contribution in [0.2, 0.25) is 0 Å². The first-order valence-corrected chi connectivity index (χ1v) is 10.2. The summed E-state index contributed by atoms with van der Waals surface area (Å²) >= 11 is 0. The fourth-order valence-corrected chi connectivity index (χ4v) is 4.31. The van der Waals surface area contributed by atoms with Gasteiger partial charge < -0.3 is 15.2 Å². The minimum Gasteiger partial charge on any atom is -0.493 e. The first-order chi connectivity index (χ1) is 15.1. The number of hydrogen-bond donors (Lipinski definition) is 2. The van der Waals surface area contributed by atoms with Crippen LogP contribution in [0, 0.1) is 0 Å². The Morgan fingerprint density at radius 2 is 1.81 bits per heavy atom. The van der Waals surface area contributed by atoms with Gasteiger partial charge in [-0.2, -0.15) is 5.10 Å². The maximum atomic E-state index is 11.3. The standard InChI is InChI=1S/C24H22N4O3/c1-31-19-12-15-25-28-21(17-6-3-2-4-7-17)20(26-22(19)28)16-8-10-18(11-9-16)24(13-5-14-24)27-23(29)30/h2-4,6-12,15,27H,5,13-14H2,1H3,(H,29,30). The number of carboxylic acid groups (broad SMARTS) is 1. The maximum Gasteiger partial charge on any atom is 0.405 e. The van der Waals surface area contributed by atoms with Gasteiger partial charge in [-0.25, -0.2) is 14.3 Å². The quantitative estimate of drug-likeness (QED) is 0.493. The van der Waals surface area contributed by atoms with Crippen LogP contribution in [0.5, 0.6) is 5.75 Å². The second kappa shape index (κ2) is 7.43. The molecule has 0 spiro atoms. The number of nitrogens with zero attached hydrogens (tertiary/aromatic N) is 3. The zero-order valence-electron chi connectivity index (χ0n) is 17.1. The van der Waals surface area contributed by atoms with Gasteiger partial charge in [-0.15, -0.1) is 0 Å². The Kier molecular flexibility index (Phi) is 4.58. The molecule has 0 unspecified atom stereocenters. The molecule has 31 heavy (non-hydrogen) atoms. The smallest absolute Gasteiger partial charge is 0.405 e. The number of fused-ring (bicyclic) bond motifs is 1. The maximum absolute atomic E-state index is 11.3. The van der Waals surface area contributed by atoms with Gasteiger partial charge in [0.1, 0.15) is 5.69 Å². The fourth-order valence-electron chi connectivity index (χ4n) is 4.31. The van der Waals surface area contributed by atoms with E-state index in [1.54, 1.807) is 23.9 Å². The van der Waals surface area contributed by atoms with Gasteiger partial charge in [0.05, 0.1) is 24.5 Å². The molecule has 0 atom stereocenters. The van der Waals surface area contributed by atoms with Crippen LogP contribution in [-0.4, -0.2) is 32.9 Å². The van der Waals surface area contributed by atoms with Crippen molar-refractivity contribution in [2.24, 2.45) is 0 Å². The van der Waals surface area contributed by atoms with Crippen LogP contribution in [0.3, 0.4) is 0 Å². The van der Waals surface area contributed by atoms with Crippen LogP contribution in [0.25, 0.3) is 28.2 Å². The second-order valence-corrected chi connectivity index (χ2v) is 7.75. The van der Waals surface area contributed by atoms with Crippen molar-refractivity contribution in [1.82, 2.24) is 19.9 Å². The van der Waals surface area contributed by atoms with Crippen molar-refractivity contribution >= 4 is 11.7 Å². The summed E-state index contributed by atoms with van der Waals surface area (Å²) in [5.41, 5.74) is 4.73. The van der Waals surface area contributed by atoms with Gasteiger partial charge in [-0.1, -0.05) is 54.6 Å². The van der Waals surface area contributed by atoms with E-state index in [2.05, 4.69) is 10.4 Å². The number of amides is 1. The number of rotatable bonds is 5. The van der Waals surface area contributed by atoms with Crippen molar-refractivity contribution in [3.05, 3.63) is 72.4 Å². The number of ether oxygens (including phenoxy) is 1. The Hall–Kier alpha value is -3.87. The molecule has 0 aliphatic heterocycles. The summed E-state index contributed by atoms with van der Waals surface area (Å²) in [6, 6.07) is 19.8. The molecule has 5 rings (SSSR count). The lowest BCUT2D eigenvalue weighted by Gasteiger charge is -2.42. The molecule has 2 N–H and O–H groups in total. The molecule has 0 radical (unpaired) electrons. The van der Waals surface area contributed by atoms with Crippen molar-refractivity contribution < 1.29 is 14.6 Å². The SMILES string of the molecule is COc1ccnn2c(-c3ccccc3)c(-c3ccc(C4(NC(=O)O)CCC4)cc3)nc12. The van der Waals surface area contributed by atoms with Crippen LogP contribution >= 0.6 is 0 Å². The third-order valence-electron chi connectivity index (χ3n) is 6.01. The van der Waals surface area contributed by atoms with E-state index in [1.165, 1.54) is 0 Å². The van der Waals surface area contributed by atoms with Crippen LogP contribution in [0.15, 0.2) is 66.9 Å². The molecule has 156 valence electrons. The predicted octanol–water partition coefficient (Wildman–Crippen LogP) is 4.72. The summed E-state index contributed by atoms with van der Waals surface area (Å²) < 4.78 is 7.31. The van der Waals surface area contributed by atoms with E-state index in [-0.39, 0.29) is 0 Å². The summed E-state index contributed by atoms with van der Waals surface area (Å²) in [4.78, 5) is 16.2. The van der Waals surface area contributed by atoms with E-state index < -0.39 is 11.6 Å². The topological polar surface area (TPSA) is 88.8 Å². The van der Waals surface area contributed by atoms with Gasteiger partial charge in [-0.05, 0) is 24.8 Å². The number of hydrogen-bond acceptors (Lipinski definition) is 4. The van der Waals surface area contributed by atoms with E-state index in [4.69, 9.17) is 9.72 Å². The highest BCUT2D eigenvalue weighted by molar-refractivity contribution is 5.83. The molecular weight excluding hydrogens is 392 g/mol. The lowest BCUT2D eigenvalue weighted by Crippen LogP contribution is -2.50. The zero-order chi connectivity index (χ0) is 21.4. The van der Waals surface area contributed by atoms with Gasteiger partial charge in [0, 0.05) is 17.2 Å². The van der Waals surface area contributed by atoms with Gasteiger partial charge in [-0.3, -0.25) is 0 Å². The van der Waals surface area contributed by atoms with Crippen molar-refractivity contribution in [2.75, 3.05) is 7.11 Å². The minimum absolute atomic E-state index is 0.490. The Morgan fingerprint density at radius 3 is 2.42 bits per heavy atom. The van der Waals surface area contributed by atoms with Crippen LogP contribution in [-0.2, 0) is 5.54 Å². The first kappa shape index (κ1) is 19.1. The summed E-state index contributed by atoms with van der Waals surface area (Å²) in [5, 5.41) is 16.5. The van der Waals surface area contributed by atoms with Crippen LogP contribution in [0.1, 0.15) is 24.8 Å². The molecule has 1 aliphatic rings. The number of methoxy groups -OCH3 is 1. The summed E-state index contributed by atoms with van der Waals surface area (Å²) in [6.07, 6.45) is 3.34. The molecule has 0 saturated heterocycles. The lowest BCUT2D eigenvalue weighted by atomic mass is 9.72. The summed E-state index contributed by atoms with van der Waals surface area (Å²) in [5.74, 6) is 0.647. The number of imidazole rings is 1. The molecule has 1 fully saturated rings. The Labute approximate surface area is 179 Å². The lowest BCUT2D eigenvalue weighted by molar-refractivity contribution is 0.144. The molecule has 2 heterocycles. The minimum atomic E-state index is -0.992. The largest absolute Gasteiger partial charge is 0.493 e. The highest BCUT2D eigenvalue weighted by Gasteiger charge is 2.40. The second-order valence-electron chi connectivity index (χ2n) is 7.75. The van der Waals surface area contributed by atoms with Crippen molar-refractivity contribution in [3.63, 3.8) is 0 Å². The monoisotopic (exact) mass is 414 g/mol. The molecule has 7 nitrogen and oxygen atoms in total. The normalized spacial score (nSPS) is 14.7. The van der Waals surface area contributed by atoms with Crippen molar-refractivity contribution in [3.8, 4) is 28.3 Å². The molecule has 4 aromatic rings. The molecule has 2 aromatic heterocycles. The fraction of sp³-hybridized carbons (Fsp3) is 0.208. The van der Waals surface area contributed by atoms with E-state index in [0.717, 1.165) is 47.3 Å². The van der Waals surface area contributed by atoms with Gasteiger partial charge in [0.2, 0.25) is 0 Å². The molecule has 1 amide bonds. The van der Waals surface area contributed by atoms with Crippen molar-refractivity contribution in [1.29, 1.82) is 0 Å². The molecule has 0 bridgehead atoms. The Bertz CT molecular complexity index is 1250. The summed E-state index contributed by atoms with van der Waals surface area (Å²) in [6.45, 7) is 0.